The van der Waals surface area contributed by atoms with Crippen molar-refractivity contribution in [3.63, 3.8) is 0 Å². The largest absolute Gasteiger partial charge is 0.337 e. The third-order valence-corrected chi connectivity index (χ3v) is 5.60. The van der Waals surface area contributed by atoms with Gasteiger partial charge in [0.05, 0.1) is 15.9 Å². The molecule has 0 saturated carbocycles. The first-order valence-corrected chi connectivity index (χ1v) is 10.2. The standard InChI is InChI=1S/C22H28N4S/c1-17-16-18(23-21(26(17)4)13-7-8-15-25(2)3)10-9-14-22-24-19-11-5-6-12-20(19)27-22/h5-6,9-12,14,16H,7-8,13,15H2,1-4H3/b14-9+,18-10-. The zero-order chi connectivity index (χ0) is 19.2. The second-order valence-corrected chi connectivity index (χ2v) is 8.17. The average Bonchev–Trinajstić information content (AvgIpc) is 3.05. The lowest BCUT2D eigenvalue weighted by molar-refractivity contribution is 0.394. The van der Waals surface area contributed by atoms with E-state index in [0.717, 1.165) is 41.4 Å². The van der Waals surface area contributed by atoms with Gasteiger partial charge in [0.2, 0.25) is 0 Å². The normalized spacial score (nSPS) is 16.6. The average molecular weight is 381 g/mol. The van der Waals surface area contributed by atoms with E-state index in [-0.39, 0.29) is 0 Å². The molecular weight excluding hydrogens is 352 g/mol. The molecular formula is C22H28N4S. The number of rotatable bonds is 7. The van der Waals surface area contributed by atoms with Crippen LogP contribution in [-0.4, -0.2) is 48.3 Å². The zero-order valence-electron chi connectivity index (χ0n) is 16.6. The molecule has 27 heavy (non-hydrogen) atoms. The van der Waals surface area contributed by atoms with Crippen LogP contribution in [0.5, 0.6) is 0 Å². The van der Waals surface area contributed by atoms with Gasteiger partial charge in [-0.1, -0.05) is 18.2 Å². The maximum Gasteiger partial charge on any atom is 0.117 e. The van der Waals surface area contributed by atoms with Gasteiger partial charge in [0.25, 0.3) is 0 Å². The van der Waals surface area contributed by atoms with Gasteiger partial charge in [0.15, 0.2) is 0 Å². The van der Waals surface area contributed by atoms with E-state index in [0.29, 0.717) is 0 Å². The predicted molar refractivity (Wildman–Crippen MR) is 118 cm³/mol. The molecule has 0 atom stereocenters. The molecule has 0 radical (unpaired) electrons. The zero-order valence-corrected chi connectivity index (χ0v) is 17.5. The molecule has 2 heterocycles. The topological polar surface area (TPSA) is 31.7 Å². The second-order valence-electron chi connectivity index (χ2n) is 7.10. The first-order chi connectivity index (χ1) is 13.0. The summed E-state index contributed by atoms with van der Waals surface area (Å²) in [4.78, 5) is 13.9. The van der Waals surface area contributed by atoms with Crippen LogP contribution >= 0.6 is 11.3 Å². The van der Waals surface area contributed by atoms with Crippen molar-refractivity contribution < 1.29 is 0 Å². The second kappa shape index (κ2) is 9.11. The lowest BCUT2D eigenvalue weighted by Gasteiger charge is -2.26. The fourth-order valence-corrected chi connectivity index (χ4v) is 3.86. The number of amidine groups is 1. The number of fused-ring (bicyclic) bond motifs is 1. The van der Waals surface area contributed by atoms with E-state index in [2.05, 4.69) is 85.4 Å². The molecule has 3 rings (SSSR count). The number of unbranched alkanes of at least 4 members (excludes halogenated alkanes) is 1. The molecule has 0 aliphatic carbocycles. The molecule has 0 saturated heterocycles. The van der Waals surface area contributed by atoms with Crippen LogP contribution < -0.4 is 0 Å². The Morgan fingerprint density at radius 2 is 2.00 bits per heavy atom. The van der Waals surface area contributed by atoms with Crippen LogP contribution in [0.1, 0.15) is 31.2 Å². The van der Waals surface area contributed by atoms with Crippen molar-refractivity contribution in [1.29, 1.82) is 0 Å². The number of nitrogens with zero attached hydrogens (tertiary/aromatic N) is 4. The predicted octanol–water partition coefficient (Wildman–Crippen LogP) is 5.17. The number of para-hydroxylation sites is 1. The van der Waals surface area contributed by atoms with Crippen molar-refractivity contribution in [3.8, 4) is 0 Å². The summed E-state index contributed by atoms with van der Waals surface area (Å²) in [5.74, 6) is 1.15. The lowest BCUT2D eigenvalue weighted by Crippen LogP contribution is -2.27. The van der Waals surface area contributed by atoms with Gasteiger partial charge < -0.3 is 9.80 Å². The van der Waals surface area contributed by atoms with Crippen molar-refractivity contribution in [2.24, 2.45) is 4.99 Å². The molecule has 142 valence electrons. The summed E-state index contributed by atoms with van der Waals surface area (Å²) in [5, 5.41) is 1.02. The van der Waals surface area contributed by atoms with Gasteiger partial charge in [-0.2, -0.15) is 0 Å². The van der Waals surface area contributed by atoms with E-state index in [1.54, 1.807) is 11.3 Å². The highest BCUT2D eigenvalue weighted by atomic mass is 32.1. The van der Waals surface area contributed by atoms with Crippen molar-refractivity contribution in [1.82, 2.24) is 14.8 Å². The number of benzene rings is 1. The van der Waals surface area contributed by atoms with Crippen molar-refractivity contribution in [3.05, 3.63) is 58.9 Å². The van der Waals surface area contributed by atoms with Gasteiger partial charge in [-0.25, -0.2) is 9.98 Å². The van der Waals surface area contributed by atoms with Crippen LogP contribution in [0.25, 0.3) is 16.3 Å². The smallest absolute Gasteiger partial charge is 0.117 e. The van der Waals surface area contributed by atoms with Gasteiger partial charge in [-0.05, 0) is 70.8 Å². The summed E-state index contributed by atoms with van der Waals surface area (Å²) < 4.78 is 1.22. The van der Waals surface area contributed by atoms with E-state index in [1.165, 1.54) is 16.8 Å². The van der Waals surface area contributed by atoms with Crippen molar-refractivity contribution >= 4 is 33.5 Å². The first-order valence-electron chi connectivity index (χ1n) is 9.41. The molecule has 1 aromatic carbocycles. The Kier molecular flexibility index (Phi) is 6.58. The minimum Gasteiger partial charge on any atom is -0.337 e. The van der Waals surface area contributed by atoms with E-state index in [4.69, 9.17) is 4.99 Å². The summed E-state index contributed by atoms with van der Waals surface area (Å²) in [7, 11) is 6.34. The monoisotopic (exact) mass is 380 g/mol. The van der Waals surface area contributed by atoms with Gasteiger partial charge in [-0.15, -0.1) is 11.3 Å². The number of thiazole rings is 1. The SMILES string of the molecule is CC1=C/C(=C/C=C/c2nc3ccccc3s2)N=C(CCCCN(C)C)N1C. The van der Waals surface area contributed by atoms with Gasteiger partial charge >= 0.3 is 0 Å². The third-order valence-electron chi connectivity index (χ3n) is 4.60. The van der Waals surface area contributed by atoms with Crippen LogP contribution in [-0.2, 0) is 0 Å². The Balaban J connectivity index is 1.67. The Morgan fingerprint density at radius 1 is 1.19 bits per heavy atom. The van der Waals surface area contributed by atoms with Crippen LogP contribution in [0.2, 0.25) is 0 Å². The molecule has 0 amide bonds. The summed E-state index contributed by atoms with van der Waals surface area (Å²) in [6.07, 6.45) is 11.7. The quantitative estimate of drug-likeness (QED) is 0.621. The Bertz CT molecular complexity index is 869. The molecule has 0 spiro atoms. The lowest BCUT2D eigenvalue weighted by atomic mass is 10.1. The van der Waals surface area contributed by atoms with Crippen LogP contribution in [0, 0.1) is 0 Å². The molecule has 5 heteroatoms. The molecule has 0 fully saturated rings. The first kappa shape index (κ1) is 19.5. The molecule has 0 N–H and O–H groups in total. The minimum atomic E-state index is 1.01. The molecule has 1 aromatic heterocycles. The third kappa shape index (κ3) is 5.37. The van der Waals surface area contributed by atoms with Gasteiger partial charge in [0.1, 0.15) is 10.8 Å². The number of hydrogen-bond acceptors (Lipinski definition) is 5. The van der Waals surface area contributed by atoms with E-state index in [9.17, 15) is 0 Å². The maximum atomic E-state index is 4.85. The fourth-order valence-electron chi connectivity index (χ4n) is 2.98. The summed E-state index contributed by atoms with van der Waals surface area (Å²) in [6.45, 7) is 3.26. The van der Waals surface area contributed by atoms with Crippen LogP contribution in [0.3, 0.4) is 0 Å². The number of allylic oxidation sites excluding steroid dienone is 4. The van der Waals surface area contributed by atoms with E-state index >= 15 is 0 Å². The van der Waals surface area contributed by atoms with Gasteiger partial charge in [-0.3, -0.25) is 0 Å². The number of hydrogen-bond donors (Lipinski definition) is 0. The Morgan fingerprint density at radius 3 is 2.78 bits per heavy atom. The molecule has 1 aliphatic heterocycles. The van der Waals surface area contributed by atoms with E-state index in [1.807, 2.05) is 6.07 Å². The summed E-state index contributed by atoms with van der Waals surface area (Å²) >= 11 is 1.71. The Labute approximate surface area is 166 Å². The van der Waals surface area contributed by atoms with Gasteiger partial charge in [0, 0.05) is 19.2 Å². The summed E-state index contributed by atoms with van der Waals surface area (Å²) in [6, 6.07) is 8.24. The molecule has 0 bridgehead atoms. The van der Waals surface area contributed by atoms with Crippen molar-refractivity contribution in [2.45, 2.75) is 26.2 Å². The fraction of sp³-hybridized carbons (Fsp3) is 0.364. The van der Waals surface area contributed by atoms with Crippen LogP contribution in [0.4, 0.5) is 0 Å². The summed E-state index contributed by atoms with van der Waals surface area (Å²) in [5.41, 5.74) is 3.29. The van der Waals surface area contributed by atoms with E-state index < -0.39 is 0 Å². The maximum absolute atomic E-state index is 4.85. The highest BCUT2D eigenvalue weighted by Gasteiger charge is 2.13. The molecule has 1 aliphatic rings. The highest BCUT2D eigenvalue weighted by molar-refractivity contribution is 7.19. The molecule has 4 nitrogen and oxygen atoms in total. The number of aromatic nitrogens is 1. The number of aliphatic imine (C=N–C) groups is 1. The minimum absolute atomic E-state index is 1.01. The van der Waals surface area contributed by atoms with Crippen LogP contribution in [0.15, 0.2) is 58.9 Å². The molecule has 0 unspecified atom stereocenters. The molecule has 2 aromatic rings. The Hall–Kier alpha value is -2.24. The van der Waals surface area contributed by atoms with Crippen molar-refractivity contribution in [2.75, 3.05) is 27.7 Å². The highest BCUT2D eigenvalue weighted by Crippen LogP contribution is 2.23.